The SMILES string of the molecule is COc1cc(C2C3=C(CC(C)(C)CC3=O)NC3=C2C(=O)CC(C)(C)C3)cc(I)c1OCc1ccc([N+](=O)[O-])cc1. The highest BCUT2D eigenvalue weighted by Crippen LogP contribution is 2.52. The number of ether oxygens (including phenoxy) is 2. The molecule has 0 spiro atoms. The number of carbonyl (C=O) groups is 2. The maximum absolute atomic E-state index is 13.6. The number of ketones is 2. The molecule has 0 saturated carbocycles. The fourth-order valence-electron chi connectivity index (χ4n) is 6.14. The Morgan fingerprint density at radius 3 is 2.00 bits per heavy atom. The minimum Gasteiger partial charge on any atom is -0.493 e. The number of nitrogens with one attached hydrogen (secondary N) is 1. The molecule has 1 aliphatic heterocycles. The molecule has 0 fully saturated rings. The second-order valence-electron chi connectivity index (χ2n) is 12.5. The third kappa shape index (κ3) is 5.40. The number of halogens is 1. The van der Waals surface area contributed by atoms with E-state index in [1.165, 1.54) is 12.1 Å². The molecule has 0 unspecified atom stereocenters. The van der Waals surface area contributed by atoms with Crippen LogP contribution in [0.1, 0.15) is 70.4 Å². The summed E-state index contributed by atoms with van der Waals surface area (Å²) in [5, 5.41) is 14.5. The minimum atomic E-state index is -0.468. The summed E-state index contributed by atoms with van der Waals surface area (Å²) in [7, 11) is 1.56. The summed E-state index contributed by atoms with van der Waals surface area (Å²) in [6.07, 6.45) is 2.33. The number of benzene rings is 2. The van der Waals surface area contributed by atoms with Crippen molar-refractivity contribution >= 4 is 39.8 Å². The summed E-state index contributed by atoms with van der Waals surface area (Å²) in [5.74, 6) is 0.707. The number of methoxy groups -OCH3 is 1. The number of allylic oxidation sites excluding steroid dienone is 4. The van der Waals surface area contributed by atoms with Gasteiger partial charge in [0.2, 0.25) is 0 Å². The molecular formula is C31H33IN2O6. The molecule has 3 aliphatic rings. The average molecular weight is 657 g/mol. The van der Waals surface area contributed by atoms with Gasteiger partial charge in [-0.05, 0) is 81.7 Å². The second-order valence-corrected chi connectivity index (χ2v) is 13.6. The van der Waals surface area contributed by atoms with Crippen LogP contribution >= 0.6 is 22.6 Å². The van der Waals surface area contributed by atoms with E-state index in [2.05, 4.69) is 55.6 Å². The molecule has 2 aromatic carbocycles. The number of hydrogen-bond acceptors (Lipinski definition) is 7. The molecule has 0 saturated heterocycles. The summed E-state index contributed by atoms with van der Waals surface area (Å²) in [4.78, 5) is 37.8. The lowest BCUT2D eigenvalue weighted by atomic mass is 9.64. The molecule has 0 amide bonds. The largest absolute Gasteiger partial charge is 0.493 e. The molecule has 0 aromatic heterocycles. The van der Waals surface area contributed by atoms with E-state index in [0.29, 0.717) is 35.5 Å². The highest BCUT2D eigenvalue weighted by Gasteiger charge is 2.46. The summed E-state index contributed by atoms with van der Waals surface area (Å²) >= 11 is 2.19. The number of rotatable bonds is 6. The zero-order valence-electron chi connectivity index (χ0n) is 23.4. The van der Waals surface area contributed by atoms with E-state index in [-0.39, 0.29) is 34.7 Å². The Balaban J connectivity index is 1.55. The second kappa shape index (κ2) is 10.3. The van der Waals surface area contributed by atoms with E-state index < -0.39 is 10.8 Å². The number of dihydropyridines is 1. The van der Waals surface area contributed by atoms with Crippen LogP contribution < -0.4 is 14.8 Å². The van der Waals surface area contributed by atoms with Gasteiger partial charge in [0.25, 0.3) is 5.69 Å². The van der Waals surface area contributed by atoms with Crippen LogP contribution in [0.15, 0.2) is 58.9 Å². The van der Waals surface area contributed by atoms with E-state index in [4.69, 9.17) is 9.47 Å². The molecule has 1 heterocycles. The molecule has 1 N–H and O–H groups in total. The van der Waals surface area contributed by atoms with Crippen LogP contribution in [0.25, 0.3) is 0 Å². The van der Waals surface area contributed by atoms with E-state index in [1.54, 1.807) is 19.2 Å². The molecule has 0 atom stereocenters. The van der Waals surface area contributed by atoms with Crippen molar-refractivity contribution in [2.75, 3.05) is 7.11 Å². The van der Waals surface area contributed by atoms with Crippen LogP contribution in [0.2, 0.25) is 0 Å². The number of non-ortho nitro benzene ring substituents is 1. The first-order valence-electron chi connectivity index (χ1n) is 13.3. The Labute approximate surface area is 247 Å². The van der Waals surface area contributed by atoms with Gasteiger partial charge in [-0.2, -0.15) is 0 Å². The average Bonchev–Trinajstić information content (AvgIpc) is 2.85. The van der Waals surface area contributed by atoms with Crippen LogP contribution in [0.4, 0.5) is 5.69 Å². The topological polar surface area (TPSA) is 108 Å². The maximum Gasteiger partial charge on any atom is 0.269 e. The standard InChI is InChI=1S/C31H33IN2O6/c1-30(2)12-21-27(23(35)14-30)26(28-22(33-21)13-31(3,4)15-24(28)36)18-10-20(32)29(25(11-18)39-5)40-16-17-6-8-19(9-7-17)34(37)38/h6-11,26,33H,12-16H2,1-5H3. The van der Waals surface area contributed by atoms with Gasteiger partial charge in [0.15, 0.2) is 23.1 Å². The van der Waals surface area contributed by atoms with Crippen molar-refractivity contribution in [2.45, 2.75) is 65.9 Å². The predicted molar refractivity (Wildman–Crippen MR) is 159 cm³/mol. The lowest BCUT2D eigenvalue weighted by molar-refractivity contribution is -0.384. The first-order valence-corrected chi connectivity index (χ1v) is 14.4. The third-order valence-electron chi connectivity index (χ3n) is 7.83. The highest BCUT2D eigenvalue weighted by molar-refractivity contribution is 14.1. The van der Waals surface area contributed by atoms with Gasteiger partial charge >= 0.3 is 0 Å². The Kier molecular flexibility index (Phi) is 7.31. The van der Waals surface area contributed by atoms with E-state index in [1.807, 2.05) is 12.1 Å². The molecule has 0 bridgehead atoms. The van der Waals surface area contributed by atoms with E-state index in [0.717, 1.165) is 38.9 Å². The number of hydrogen-bond donors (Lipinski definition) is 1. The Bertz CT molecular complexity index is 1430. The fraction of sp³-hybridized carbons (Fsp3) is 0.419. The van der Waals surface area contributed by atoms with Gasteiger partial charge in [0, 0.05) is 53.4 Å². The smallest absolute Gasteiger partial charge is 0.269 e. The van der Waals surface area contributed by atoms with Crippen molar-refractivity contribution in [1.29, 1.82) is 0 Å². The first-order chi connectivity index (χ1) is 18.8. The fourth-order valence-corrected chi connectivity index (χ4v) is 6.92. The summed E-state index contributed by atoms with van der Waals surface area (Å²) < 4.78 is 12.7. The van der Waals surface area contributed by atoms with Crippen molar-refractivity contribution in [3.05, 3.63) is 83.7 Å². The summed E-state index contributed by atoms with van der Waals surface area (Å²) in [5.41, 5.74) is 4.50. The molecule has 0 radical (unpaired) electrons. The zero-order chi connectivity index (χ0) is 29.0. The maximum atomic E-state index is 13.6. The van der Waals surface area contributed by atoms with Crippen LogP contribution in [-0.2, 0) is 16.2 Å². The summed E-state index contributed by atoms with van der Waals surface area (Å²) in [6.45, 7) is 8.62. The van der Waals surface area contributed by atoms with Crippen molar-refractivity contribution in [1.82, 2.24) is 5.32 Å². The Hall–Kier alpha value is -3.21. The van der Waals surface area contributed by atoms with Gasteiger partial charge in [-0.25, -0.2) is 0 Å². The third-order valence-corrected chi connectivity index (χ3v) is 8.64. The lowest BCUT2D eigenvalue weighted by Gasteiger charge is -2.44. The van der Waals surface area contributed by atoms with Gasteiger partial charge in [-0.3, -0.25) is 19.7 Å². The van der Waals surface area contributed by atoms with Crippen LogP contribution in [0, 0.1) is 24.5 Å². The summed E-state index contributed by atoms with van der Waals surface area (Å²) in [6, 6.07) is 10.1. The number of nitrogens with zero attached hydrogens (tertiary/aromatic N) is 1. The molecule has 8 nitrogen and oxygen atoms in total. The lowest BCUT2D eigenvalue weighted by Crippen LogP contribution is -2.42. The van der Waals surface area contributed by atoms with Crippen molar-refractivity contribution in [2.24, 2.45) is 10.8 Å². The number of carbonyl (C=O) groups excluding carboxylic acids is 2. The molecule has 210 valence electrons. The molecule has 40 heavy (non-hydrogen) atoms. The minimum absolute atomic E-state index is 0.0193. The first kappa shape index (κ1) is 28.3. The van der Waals surface area contributed by atoms with Crippen molar-refractivity contribution < 1.29 is 24.0 Å². The number of nitro benzene ring substituents is 1. The van der Waals surface area contributed by atoms with Crippen molar-refractivity contribution in [3.8, 4) is 11.5 Å². The molecule has 5 rings (SSSR count). The number of Topliss-reactive ketones (excluding diaryl/α,β-unsaturated/α-hetero) is 2. The normalized spacial score (nSPS) is 20.1. The molecule has 2 aliphatic carbocycles. The van der Waals surface area contributed by atoms with E-state index in [9.17, 15) is 19.7 Å². The van der Waals surface area contributed by atoms with Crippen molar-refractivity contribution in [3.63, 3.8) is 0 Å². The number of nitro groups is 1. The molecular weight excluding hydrogens is 623 g/mol. The van der Waals surface area contributed by atoms with E-state index >= 15 is 0 Å². The van der Waals surface area contributed by atoms with Gasteiger partial charge in [0.1, 0.15) is 6.61 Å². The van der Waals surface area contributed by atoms with Crippen LogP contribution in [-0.4, -0.2) is 23.6 Å². The monoisotopic (exact) mass is 656 g/mol. The molecule has 2 aromatic rings. The van der Waals surface area contributed by atoms with Gasteiger partial charge in [-0.15, -0.1) is 0 Å². The van der Waals surface area contributed by atoms with Gasteiger partial charge in [-0.1, -0.05) is 27.7 Å². The Morgan fingerprint density at radius 1 is 0.950 bits per heavy atom. The van der Waals surface area contributed by atoms with Crippen LogP contribution in [0.3, 0.4) is 0 Å². The predicted octanol–water partition coefficient (Wildman–Crippen LogP) is 6.76. The molecule has 9 heteroatoms. The zero-order valence-corrected chi connectivity index (χ0v) is 25.5. The Morgan fingerprint density at radius 2 is 1.50 bits per heavy atom. The quantitative estimate of drug-likeness (QED) is 0.208. The van der Waals surface area contributed by atoms with Crippen LogP contribution in [0.5, 0.6) is 11.5 Å². The van der Waals surface area contributed by atoms with Gasteiger partial charge < -0.3 is 14.8 Å². The van der Waals surface area contributed by atoms with Gasteiger partial charge in [0.05, 0.1) is 15.6 Å². The highest BCUT2D eigenvalue weighted by atomic mass is 127.